The molecule has 172 valence electrons. The Kier molecular flexibility index (Phi) is 6.72. The number of hydrogen-bond acceptors (Lipinski definition) is 5. The quantitative estimate of drug-likeness (QED) is 0.631. The fourth-order valence-electron chi connectivity index (χ4n) is 4.50. The van der Waals surface area contributed by atoms with Gasteiger partial charge in [0.1, 0.15) is 17.7 Å². The highest BCUT2D eigenvalue weighted by Gasteiger charge is 2.43. The summed E-state index contributed by atoms with van der Waals surface area (Å²) in [6.45, 7) is 1.97. The summed E-state index contributed by atoms with van der Waals surface area (Å²) >= 11 is 0. The van der Waals surface area contributed by atoms with Crippen LogP contribution >= 0.6 is 0 Å². The van der Waals surface area contributed by atoms with Crippen molar-refractivity contribution in [3.63, 3.8) is 0 Å². The Labute approximate surface area is 192 Å². The van der Waals surface area contributed by atoms with Gasteiger partial charge in [-0.3, -0.25) is 14.5 Å². The van der Waals surface area contributed by atoms with E-state index in [0.717, 1.165) is 11.1 Å². The van der Waals surface area contributed by atoms with Gasteiger partial charge in [0.05, 0.1) is 0 Å². The van der Waals surface area contributed by atoms with E-state index in [1.54, 1.807) is 18.3 Å². The van der Waals surface area contributed by atoms with E-state index in [1.165, 1.54) is 4.90 Å². The van der Waals surface area contributed by atoms with Crippen LogP contribution in [0.25, 0.3) is 6.08 Å². The number of aromatic nitrogens is 1. The van der Waals surface area contributed by atoms with Gasteiger partial charge in [-0.1, -0.05) is 42.0 Å². The number of imide groups is 1. The smallest absolute Gasteiger partial charge is 0.325 e. The first-order chi connectivity index (χ1) is 15.9. The third-order valence-electron chi connectivity index (χ3n) is 6.11. The molecule has 1 unspecified atom stereocenters. The van der Waals surface area contributed by atoms with E-state index in [0.29, 0.717) is 32.1 Å². The lowest BCUT2D eigenvalue weighted by Gasteiger charge is -2.33. The van der Waals surface area contributed by atoms with E-state index in [2.05, 4.69) is 10.3 Å². The van der Waals surface area contributed by atoms with Crippen molar-refractivity contribution in [1.29, 1.82) is 0 Å². The maximum absolute atomic E-state index is 13.0. The van der Waals surface area contributed by atoms with E-state index < -0.39 is 11.9 Å². The topological polar surface area (TPSA) is 115 Å². The minimum absolute atomic E-state index is 0.151. The number of amides is 4. The van der Waals surface area contributed by atoms with Crippen molar-refractivity contribution in [3.8, 4) is 5.88 Å². The number of ether oxygens (including phenoxy) is 1. The Morgan fingerprint density at radius 1 is 1.15 bits per heavy atom. The monoisotopic (exact) mass is 448 g/mol. The Bertz CT molecular complexity index is 1060. The summed E-state index contributed by atoms with van der Waals surface area (Å²) in [6.07, 6.45) is 6.47. The SMILES string of the molecule is C/C(=C\c1ccccc1)CC1NC(=O)N([C@H]2CC[C@H](Oc3ncccc3C(N)=O)CC2)C1=O. The average Bonchev–Trinajstić information content (AvgIpc) is 3.08. The van der Waals surface area contributed by atoms with E-state index in [9.17, 15) is 14.4 Å². The zero-order chi connectivity index (χ0) is 23.4. The van der Waals surface area contributed by atoms with Gasteiger partial charge in [-0.2, -0.15) is 0 Å². The Morgan fingerprint density at radius 2 is 1.88 bits per heavy atom. The van der Waals surface area contributed by atoms with Crippen molar-refractivity contribution in [2.75, 3.05) is 0 Å². The van der Waals surface area contributed by atoms with Gasteiger partial charge >= 0.3 is 6.03 Å². The molecule has 33 heavy (non-hydrogen) atoms. The predicted molar refractivity (Wildman–Crippen MR) is 123 cm³/mol. The number of nitrogens with one attached hydrogen (secondary N) is 1. The molecule has 2 heterocycles. The molecule has 4 amide bonds. The summed E-state index contributed by atoms with van der Waals surface area (Å²) in [4.78, 5) is 42.7. The number of carbonyl (C=O) groups excluding carboxylic acids is 3. The van der Waals surface area contributed by atoms with Crippen LogP contribution in [0.4, 0.5) is 4.79 Å². The molecular formula is C25H28N4O4. The molecule has 1 atom stereocenters. The van der Waals surface area contributed by atoms with E-state index in [-0.39, 0.29) is 35.5 Å². The van der Waals surface area contributed by atoms with Crippen molar-refractivity contribution in [3.05, 3.63) is 65.4 Å². The molecule has 4 rings (SSSR count). The Hall–Kier alpha value is -3.68. The lowest BCUT2D eigenvalue weighted by atomic mass is 9.91. The van der Waals surface area contributed by atoms with Crippen LogP contribution in [0.1, 0.15) is 54.9 Å². The van der Waals surface area contributed by atoms with Crippen LogP contribution in [0.3, 0.4) is 0 Å². The molecular weight excluding hydrogens is 420 g/mol. The third-order valence-corrected chi connectivity index (χ3v) is 6.11. The van der Waals surface area contributed by atoms with Gasteiger partial charge in [-0.25, -0.2) is 9.78 Å². The average molecular weight is 449 g/mol. The molecule has 1 saturated heterocycles. The molecule has 2 aliphatic rings. The van der Waals surface area contributed by atoms with Gasteiger partial charge in [0.25, 0.3) is 11.8 Å². The highest BCUT2D eigenvalue weighted by molar-refractivity contribution is 6.04. The normalized spacial score (nSPS) is 23.4. The predicted octanol–water partition coefficient (Wildman–Crippen LogP) is 3.28. The minimum atomic E-state index is -0.589. The van der Waals surface area contributed by atoms with Crippen molar-refractivity contribution < 1.29 is 19.1 Å². The number of pyridine rings is 1. The zero-order valence-corrected chi connectivity index (χ0v) is 18.6. The van der Waals surface area contributed by atoms with Gasteiger partial charge in [-0.15, -0.1) is 0 Å². The van der Waals surface area contributed by atoms with Gasteiger partial charge in [0, 0.05) is 12.2 Å². The summed E-state index contributed by atoms with van der Waals surface area (Å²) < 4.78 is 5.92. The van der Waals surface area contributed by atoms with Gasteiger partial charge in [0.2, 0.25) is 5.88 Å². The number of urea groups is 1. The third kappa shape index (κ3) is 5.22. The molecule has 1 saturated carbocycles. The minimum Gasteiger partial charge on any atom is -0.474 e. The standard InChI is InChI=1S/C25H28N4O4/c1-16(14-17-6-3-2-4-7-17)15-21-24(31)29(25(32)28-21)18-9-11-19(12-10-18)33-23-20(22(26)30)8-5-13-27-23/h2-8,13-14,18-19,21H,9-12,15H2,1H3,(H2,26,30)(H,28,32)/b16-14+/t18-,19-,21?. The Morgan fingerprint density at radius 3 is 2.58 bits per heavy atom. The molecule has 1 aliphatic heterocycles. The summed E-state index contributed by atoms with van der Waals surface area (Å²) in [5.74, 6) is -0.538. The maximum Gasteiger partial charge on any atom is 0.325 e. The van der Waals surface area contributed by atoms with Crippen molar-refractivity contribution >= 4 is 23.9 Å². The molecule has 0 bridgehead atoms. The summed E-state index contributed by atoms with van der Waals surface area (Å²) in [5.41, 5.74) is 7.73. The van der Waals surface area contributed by atoms with Crippen LogP contribution < -0.4 is 15.8 Å². The van der Waals surface area contributed by atoms with Crippen LogP contribution in [-0.2, 0) is 4.79 Å². The first-order valence-electron chi connectivity index (χ1n) is 11.2. The van der Waals surface area contributed by atoms with Crippen molar-refractivity contribution in [2.24, 2.45) is 5.73 Å². The second kappa shape index (κ2) is 9.85. The lowest BCUT2D eigenvalue weighted by Crippen LogP contribution is -2.44. The van der Waals surface area contributed by atoms with Crippen LogP contribution in [0, 0.1) is 0 Å². The fraction of sp³-hybridized carbons (Fsp3) is 0.360. The van der Waals surface area contributed by atoms with Crippen molar-refractivity contribution in [1.82, 2.24) is 15.2 Å². The van der Waals surface area contributed by atoms with Crippen molar-refractivity contribution in [2.45, 2.75) is 57.2 Å². The largest absolute Gasteiger partial charge is 0.474 e. The number of primary amides is 1. The molecule has 1 aromatic heterocycles. The van der Waals surface area contributed by atoms with Crippen LogP contribution in [0.15, 0.2) is 54.2 Å². The maximum atomic E-state index is 13.0. The van der Waals surface area contributed by atoms with Gasteiger partial charge in [0.15, 0.2) is 0 Å². The highest BCUT2D eigenvalue weighted by Crippen LogP contribution is 2.30. The molecule has 2 fully saturated rings. The first-order valence-corrected chi connectivity index (χ1v) is 11.2. The lowest BCUT2D eigenvalue weighted by molar-refractivity contribution is -0.129. The molecule has 0 radical (unpaired) electrons. The van der Waals surface area contributed by atoms with E-state index in [1.807, 2.05) is 43.3 Å². The second-order valence-corrected chi connectivity index (χ2v) is 8.58. The number of benzene rings is 1. The first kappa shape index (κ1) is 22.5. The van der Waals surface area contributed by atoms with E-state index >= 15 is 0 Å². The number of hydrogen-bond donors (Lipinski definition) is 2. The summed E-state index contributed by atoms with van der Waals surface area (Å²) in [6, 6.07) is 12.1. The summed E-state index contributed by atoms with van der Waals surface area (Å²) in [7, 11) is 0. The molecule has 8 heteroatoms. The molecule has 3 N–H and O–H groups in total. The number of nitrogens with two attached hydrogens (primary N) is 1. The van der Waals surface area contributed by atoms with Crippen LogP contribution in [0.5, 0.6) is 5.88 Å². The fourth-order valence-corrected chi connectivity index (χ4v) is 4.50. The second-order valence-electron chi connectivity index (χ2n) is 8.58. The van der Waals surface area contributed by atoms with Gasteiger partial charge < -0.3 is 15.8 Å². The Balaban J connectivity index is 1.34. The van der Waals surface area contributed by atoms with Gasteiger partial charge in [-0.05, 0) is 56.7 Å². The molecule has 8 nitrogen and oxygen atoms in total. The molecule has 1 aliphatic carbocycles. The molecule has 2 aromatic rings. The number of carbonyl (C=O) groups is 3. The number of rotatable bonds is 7. The van der Waals surface area contributed by atoms with Crippen LogP contribution in [-0.4, -0.2) is 45.9 Å². The zero-order valence-electron chi connectivity index (χ0n) is 18.6. The van der Waals surface area contributed by atoms with Crippen LogP contribution in [0.2, 0.25) is 0 Å². The number of nitrogens with zero attached hydrogens (tertiary/aromatic N) is 2. The highest BCUT2D eigenvalue weighted by atomic mass is 16.5. The molecule has 0 spiro atoms. The molecule has 1 aromatic carbocycles. The van der Waals surface area contributed by atoms with E-state index in [4.69, 9.17) is 10.5 Å². The summed E-state index contributed by atoms with van der Waals surface area (Å²) in [5, 5.41) is 2.84.